The van der Waals surface area contributed by atoms with Gasteiger partial charge < -0.3 is 15.0 Å². The number of carbonyl (C=O) groups is 1. The van der Waals surface area contributed by atoms with Gasteiger partial charge in [-0.05, 0) is 35.9 Å². The Balaban J connectivity index is 1.61. The SMILES string of the molecule is Cn1cc(-c2cc(C(N)=O)nc3[nH]ncc23)c2c(OCCc3ccccn3)cccc21. The minimum absolute atomic E-state index is 0.178. The van der Waals surface area contributed by atoms with E-state index in [1.807, 2.05) is 54.2 Å². The van der Waals surface area contributed by atoms with E-state index in [-0.39, 0.29) is 5.69 Å². The molecule has 8 heteroatoms. The fraction of sp³-hybridized carbons (Fsp3) is 0.130. The van der Waals surface area contributed by atoms with Gasteiger partial charge in [0, 0.05) is 47.9 Å². The van der Waals surface area contributed by atoms with Gasteiger partial charge in [0.1, 0.15) is 11.4 Å². The Bertz CT molecular complexity index is 1400. The lowest BCUT2D eigenvalue weighted by atomic mass is 10.0. The van der Waals surface area contributed by atoms with E-state index in [1.165, 1.54) is 0 Å². The van der Waals surface area contributed by atoms with Crippen molar-refractivity contribution in [3.8, 4) is 16.9 Å². The Hall–Kier alpha value is -4.20. The van der Waals surface area contributed by atoms with Gasteiger partial charge in [-0.1, -0.05) is 12.1 Å². The van der Waals surface area contributed by atoms with E-state index in [9.17, 15) is 4.79 Å². The number of pyridine rings is 2. The summed E-state index contributed by atoms with van der Waals surface area (Å²) in [4.78, 5) is 20.5. The molecule has 0 unspecified atom stereocenters. The van der Waals surface area contributed by atoms with Gasteiger partial charge >= 0.3 is 0 Å². The second kappa shape index (κ2) is 7.56. The summed E-state index contributed by atoms with van der Waals surface area (Å²) in [6.07, 6.45) is 6.20. The van der Waals surface area contributed by atoms with E-state index >= 15 is 0 Å². The molecule has 3 N–H and O–H groups in total. The number of hydrogen-bond donors (Lipinski definition) is 2. The number of nitrogens with zero attached hydrogens (tertiary/aromatic N) is 4. The molecule has 0 aliphatic heterocycles. The molecule has 5 rings (SSSR count). The maximum atomic E-state index is 11.9. The first-order valence-corrected chi connectivity index (χ1v) is 9.87. The molecule has 0 atom stereocenters. The van der Waals surface area contributed by atoms with E-state index in [2.05, 4.69) is 20.2 Å². The fourth-order valence-electron chi connectivity index (χ4n) is 3.83. The monoisotopic (exact) mass is 412 g/mol. The topological polar surface area (TPSA) is 112 Å². The second-order valence-corrected chi connectivity index (χ2v) is 7.28. The first-order chi connectivity index (χ1) is 15.1. The molecule has 31 heavy (non-hydrogen) atoms. The van der Waals surface area contributed by atoms with Crippen molar-refractivity contribution >= 4 is 27.8 Å². The van der Waals surface area contributed by atoms with Crippen molar-refractivity contribution in [3.05, 3.63) is 72.4 Å². The van der Waals surface area contributed by atoms with E-state index in [4.69, 9.17) is 10.5 Å². The molecule has 0 saturated heterocycles. The van der Waals surface area contributed by atoms with Gasteiger partial charge in [-0.15, -0.1) is 0 Å². The highest BCUT2D eigenvalue weighted by Gasteiger charge is 2.19. The lowest BCUT2D eigenvalue weighted by Crippen LogP contribution is -2.13. The number of aromatic amines is 1. The maximum absolute atomic E-state index is 11.9. The number of aryl methyl sites for hydroxylation is 1. The number of nitrogens with two attached hydrogens (primary N) is 1. The minimum Gasteiger partial charge on any atom is -0.492 e. The first-order valence-electron chi connectivity index (χ1n) is 9.87. The summed E-state index contributed by atoms with van der Waals surface area (Å²) in [5, 5.41) is 8.69. The lowest BCUT2D eigenvalue weighted by molar-refractivity contribution is 0.0996. The average molecular weight is 412 g/mol. The number of fused-ring (bicyclic) bond motifs is 2. The minimum atomic E-state index is -0.593. The average Bonchev–Trinajstić information content (AvgIpc) is 3.39. The first kappa shape index (κ1) is 18.8. The van der Waals surface area contributed by atoms with Crippen molar-refractivity contribution in [1.29, 1.82) is 0 Å². The Morgan fingerprint density at radius 2 is 2.10 bits per heavy atom. The van der Waals surface area contributed by atoms with Crippen LogP contribution in [0.2, 0.25) is 0 Å². The molecule has 0 spiro atoms. The standard InChI is InChI=1S/C23H20N6O2/c1-29-13-17(15-11-18(22(24)30)27-23-16(15)12-26-28-23)21-19(29)6-4-7-20(21)31-10-8-14-5-2-3-9-25-14/h2-7,9,11-13H,8,10H2,1H3,(H2,24,30)(H,26,27,28). The molecule has 1 amide bonds. The number of H-pyrrole nitrogens is 1. The number of rotatable bonds is 6. The number of aromatic nitrogens is 5. The summed E-state index contributed by atoms with van der Waals surface area (Å²) in [7, 11) is 1.98. The van der Waals surface area contributed by atoms with E-state index in [0.717, 1.165) is 38.9 Å². The number of carbonyl (C=O) groups excluding carboxylic acids is 1. The molecule has 154 valence electrons. The molecule has 0 fully saturated rings. The highest BCUT2D eigenvalue weighted by molar-refractivity contribution is 6.08. The van der Waals surface area contributed by atoms with Crippen LogP contribution >= 0.6 is 0 Å². The fourth-order valence-corrected chi connectivity index (χ4v) is 3.83. The van der Waals surface area contributed by atoms with Crippen molar-refractivity contribution < 1.29 is 9.53 Å². The van der Waals surface area contributed by atoms with Crippen LogP contribution in [0.1, 0.15) is 16.2 Å². The van der Waals surface area contributed by atoms with Gasteiger partial charge in [-0.3, -0.25) is 14.9 Å². The van der Waals surface area contributed by atoms with Gasteiger partial charge in [0.15, 0.2) is 5.65 Å². The van der Waals surface area contributed by atoms with Gasteiger partial charge in [0.2, 0.25) is 0 Å². The van der Waals surface area contributed by atoms with Crippen LogP contribution < -0.4 is 10.5 Å². The number of primary amides is 1. The zero-order chi connectivity index (χ0) is 21.4. The van der Waals surface area contributed by atoms with E-state index < -0.39 is 5.91 Å². The van der Waals surface area contributed by atoms with Gasteiger partial charge in [-0.2, -0.15) is 5.10 Å². The molecule has 0 bridgehead atoms. The predicted molar refractivity (Wildman–Crippen MR) is 118 cm³/mol. The Kier molecular flexibility index (Phi) is 4.59. The van der Waals surface area contributed by atoms with Crippen molar-refractivity contribution in [1.82, 2.24) is 24.7 Å². The van der Waals surface area contributed by atoms with Crippen LogP contribution in [0, 0.1) is 0 Å². The van der Waals surface area contributed by atoms with Crippen molar-refractivity contribution in [2.75, 3.05) is 6.61 Å². The van der Waals surface area contributed by atoms with Crippen LogP contribution in [0.3, 0.4) is 0 Å². The Morgan fingerprint density at radius 3 is 2.90 bits per heavy atom. The van der Waals surface area contributed by atoms with Crippen molar-refractivity contribution in [2.24, 2.45) is 12.8 Å². The molecule has 0 saturated carbocycles. The Labute approximate surface area is 177 Å². The van der Waals surface area contributed by atoms with Crippen LogP contribution in [0.25, 0.3) is 33.1 Å². The number of ether oxygens (including phenoxy) is 1. The zero-order valence-corrected chi connectivity index (χ0v) is 16.9. The molecule has 4 heterocycles. The van der Waals surface area contributed by atoms with E-state index in [1.54, 1.807) is 18.5 Å². The molecular formula is C23H20N6O2. The maximum Gasteiger partial charge on any atom is 0.267 e. The van der Waals surface area contributed by atoms with Crippen LogP contribution in [0.15, 0.2) is 61.1 Å². The van der Waals surface area contributed by atoms with Crippen LogP contribution in [-0.2, 0) is 13.5 Å². The van der Waals surface area contributed by atoms with Crippen LogP contribution in [-0.4, -0.2) is 37.2 Å². The molecular weight excluding hydrogens is 392 g/mol. The molecule has 0 aliphatic carbocycles. The van der Waals surface area contributed by atoms with Crippen molar-refractivity contribution in [2.45, 2.75) is 6.42 Å². The smallest absolute Gasteiger partial charge is 0.267 e. The predicted octanol–water partition coefficient (Wildman–Crippen LogP) is 3.23. The zero-order valence-electron chi connectivity index (χ0n) is 16.9. The number of nitrogens with one attached hydrogen (secondary N) is 1. The summed E-state index contributed by atoms with van der Waals surface area (Å²) in [5.41, 5.74) is 9.93. The highest BCUT2D eigenvalue weighted by Crippen LogP contribution is 2.39. The van der Waals surface area contributed by atoms with Gasteiger partial charge in [0.25, 0.3) is 5.91 Å². The van der Waals surface area contributed by atoms with Gasteiger partial charge in [-0.25, -0.2) is 4.98 Å². The molecule has 0 radical (unpaired) electrons. The second-order valence-electron chi connectivity index (χ2n) is 7.28. The molecule has 8 nitrogen and oxygen atoms in total. The third kappa shape index (κ3) is 3.38. The quantitative estimate of drug-likeness (QED) is 0.445. The summed E-state index contributed by atoms with van der Waals surface area (Å²) >= 11 is 0. The number of benzene rings is 1. The summed E-state index contributed by atoms with van der Waals surface area (Å²) in [5.74, 6) is 0.169. The van der Waals surface area contributed by atoms with Gasteiger partial charge in [0.05, 0.1) is 18.3 Å². The van der Waals surface area contributed by atoms with Crippen LogP contribution in [0.4, 0.5) is 0 Å². The van der Waals surface area contributed by atoms with Crippen LogP contribution in [0.5, 0.6) is 5.75 Å². The highest BCUT2D eigenvalue weighted by atomic mass is 16.5. The molecule has 4 aromatic heterocycles. The third-order valence-electron chi connectivity index (χ3n) is 5.28. The largest absolute Gasteiger partial charge is 0.492 e. The molecule has 5 aromatic rings. The van der Waals surface area contributed by atoms with Crippen molar-refractivity contribution in [3.63, 3.8) is 0 Å². The molecule has 1 aromatic carbocycles. The lowest BCUT2D eigenvalue weighted by Gasteiger charge is -2.10. The summed E-state index contributed by atoms with van der Waals surface area (Å²) in [6.45, 7) is 0.495. The molecule has 0 aliphatic rings. The normalized spacial score (nSPS) is 11.3. The van der Waals surface area contributed by atoms with E-state index in [0.29, 0.717) is 18.7 Å². The third-order valence-corrected chi connectivity index (χ3v) is 5.28. The summed E-state index contributed by atoms with van der Waals surface area (Å²) in [6, 6.07) is 13.5. The Morgan fingerprint density at radius 1 is 1.19 bits per heavy atom. The summed E-state index contributed by atoms with van der Waals surface area (Å²) < 4.78 is 8.22. The number of amides is 1. The number of hydrogen-bond acceptors (Lipinski definition) is 5.